The summed E-state index contributed by atoms with van der Waals surface area (Å²) in [5.74, 6) is 1.62. The number of anilines is 1. The highest BCUT2D eigenvalue weighted by Crippen LogP contribution is 2.29. The van der Waals surface area contributed by atoms with E-state index in [-0.39, 0.29) is 0 Å². The van der Waals surface area contributed by atoms with Crippen molar-refractivity contribution in [3.05, 3.63) is 23.6 Å². The largest absolute Gasteiger partial charge is 0.476 e. The molecule has 1 saturated heterocycles. The fourth-order valence-corrected chi connectivity index (χ4v) is 3.34. The molecule has 1 aliphatic heterocycles. The minimum Gasteiger partial charge on any atom is -0.476 e. The van der Waals surface area contributed by atoms with Crippen LogP contribution in [0.3, 0.4) is 0 Å². The topological polar surface area (TPSA) is 64.0 Å². The number of hydrogen-bond acceptors (Lipinski definition) is 7. The van der Waals surface area contributed by atoms with Gasteiger partial charge in [-0.05, 0) is 18.8 Å². The Morgan fingerprint density at radius 3 is 2.73 bits per heavy atom. The summed E-state index contributed by atoms with van der Waals surface area (Å²) in [6.45, 7) is 7.04. The number of piperidine rings is 1. The van der Waals surface area contributed by atoms with Crippen molar-refractivity contribution in [2.75, 3.05) is 24.6 Å². The second kappa shape index (κ2) is 7.00. The van der Waals surface area contributed by atoms with Crippen molar-refractivity contribution in [3.8, 4) is 5.88 Å². The predicted octanol–water partition coefficient (Wildman–Crippen LogP) is 2.75. The lowest BCUT2D eigenvalue weighted by Gasteiger charge is -2.31. The van der Waals surface area contributed by atoms with Crippen LogP contribution in [-0.4, -0.2) is 39.9 Å². The molecule has 7 heteroatoms. The Morgan fingerprint density at radius 2 is 2.09 bits per heavy atom. The summed E-state index contributed by atoms with van der Waals surface area (Å²) in [4.78, 5) is 10.5. The van der Waals surface area contributed by atoms with Gasteiger partial charge in [0.2, 0.25) is 11.0 Å². The molecule has 0 aliphatic carbocycles. The average molecular weight is 319 g/mol. The summed E-state index contributed by atoms with van der Waals surface area (Å²) in [5.41, 5.74) is 0. The van der Waals surface area contributed by atoms with E-state index < -0.39 is 0 Å². The molecule has 6 nitrogen and oxygen atoms in total. The fourth-order valence-electron chi connectivity index (χ4n) is 2.44. The van der Waals surface area contributed by atoms with E-state index in [9.17, 15) is 0 Å². The molecule has 0 spiro atoms. The van der Waals surface area contributed by atoms with Gasteiger partial charge in [0.15, 0.2) is 0 Å². The van der Waals surface area contributed by atoms with Gasteiger partial charge in [-0.3, -0.25) is 4.98 Å². The quantitative estimate of drug-likeness (QED) is 0.844. The van der Waals surface area contributed by atoms with E-state index in [1.807, 2.05) is 0 Å². The first-order valence-corrected chi connectivity index (χ1v) is 8.51. The van der Waals surface area contributed by atoms with Gasteiger partial charge in [-0.2, -0.15) is 0 Å². The number of nitrogens with zero attached hydrogens (tertiary/aromatic N) is 5. The summed E-state index contributed by atoms with van der Waals surface area (Å²) in [6, 6.07) is 0. The van der Waals surface area contributed by atoms with Crippen molar-refractivity contribution < 1.29 is 4.74 Å². The highest BCUT2D eigenvalue weighted by molar-refractivity contribution is 7.15. The van der Waals surface area contributed by atoms with Crippen LogP contribution in [0.2, 0.25) is 0 Å². The number of rotatable bonds is 5. The van der Waals surface area contributed by atoms with Crippen LogP contribution in [0.25, 0.3) is 0 Å². The Hall–Kier alpha value is -1.76. The Morgan fingerprint density at radius 1 is 1.27 bits per heavy atom. The van der Waals surface area contributed by atoms with Gasteiger partial charge in [-0.15, -0.1) is 10.2 Å². The molecule has 2 aromatic heterocycles. The molecule has 0 saturated carbocycles. The van der Waals surface area contributed by atoms with Crippen molar-refractivity contribution in [2.24, 2.45) is 5.92 Å². The maximum Gasteiger partial charge on any atom is 0.232 e. The third-order valence-electron chi connectivity index (χ3n) is 3.82. The minimum absolute atomic E-state index is 0.448. The van der Waals surface area contributed by atoms with Gasteiger partial charge in [-0.1, -0.05) is 25.2 Å². The molecule has 0 bridgehead atoms. The van der Waals surface area contributed by atoms with Gasteiger partial charge in [-0.25, -0.2) is 4.98 Å². The third kappa shape index (κ3) is 3.71. The Bertz CT molecular complexity index is 581. The van der Waals surface area contributed by atoms with Gasteiger partial charge in [0, 0.05) is 31.4 Å². The Balaban J connectivity index is 1.47. The highest BCUT2D eigenvalue weighted by atomic mass is 32.1. The molecule has 0 unspecified atom stereocenters. The average Bonchev–Trinajstić information content (AvgIpc) is 3.05. The first-order valence-electron chi connectivity index (χ1n) is 7.69. The van der Waals surface area contributed by atoms with Crippen molar-refractivity contribution in [1.82, 2.24) is 20.2 Å². The SMILES string of the molecule is CC(C)c1nnc(N2CCC(COc3cnccn3)CC2)s1. The maximum absolute atomic E-state index is 5.70. The zero-order valence-corrected chi connectivity index (χ0v) is 13.8. The monoisotopic (exact) mass is 319 g/mol. The zero-order valence-electron chi connectivity index (χ0n) is 13.0. The molecule has 3 rings (SSSR count). The van der Waals surface area contributed by atoms with Crippen LogP contribution in [0.4, 0.5) is 5.13 Å². The lowest BCUT2D eigenvalue weighted by atomic mass is 9.98. The molecule has 22 heavy (non-hydrogen) atoms. The van der Waals surface area contributed by atoms with Crippen LogP contribution in [0.5, 0.6) is 5.88 Å². The van der Waals surface area contributed by atoms with Crippen molar-refractivity contribution in [1.29, 1.82) is 0 Å². The number of ether oxygens (including phenoxy) is 1. The maximum atomic E-state index is 5.70. The van der Waals surface area contributed by atoms with Gasteiger partial charge in [0.1, 0.15) is 5.01 Å². The van der Waals surface area contributed by atoms with Crippen LogP contribution in [0.1, 0.15) is 37.6 Å². The summed E-state index contributed by atoms with van der Waals surface area (Å²) in [6.07, 6.45) is 7.18. The summed E-state index contributed by atoms with van der Waals surface area (Å²) in [7, 11) is 0. The van der Waals surface area contributed by atoms with Gasteiger partial charge in [0.05, 0.1) is 12.8 Å². The molecular weight excluding hydrogens is 298 g/mol. The van der Waals surface area contributed by atoms with Gasteiger partial charge in [0.25, 0.3) is 0 Å². The molecule has 0 aromatic carbocycles. The van der Waals surface area contributed by atoms with Crippen LogP contribution < -0.4 is 9.64 Å². The van der Waals surface area contributed by atoms with Gasteiger partial charge < -0.3 is 9.64 Å². The van der Waals surface area contributed by atoms with E-state index in [1.165, 1.54) is 0 Å². The van der Waals surface area contributed by atoms with E-state index in [1.54, 1.807) is 29.9 Å². The van der Waals surface area contributed by atoms with Crippen LogP contribution in [0.15, 0.2) is 18.6 Å². The van der Waals surface area contributed by atoms with E-state index >= 15 is 0 Å². The third-order valence-corrected chi connectivity index (χ3v) is 5.10. The molecule has 0 radical (unpaired) electrons. The molecule has 1 aliphatic rings. The summed E-state index contributed by atoms with van der Waals surface area (Å²) in [5, 5.41) is 10.8. The van der Waals surface area contributed by atoms with E-state index in [0.29, 0.717) is 24.3 Å². The standard InChI is InChI=1S/C15H21N5OS/c1-11(2)14-18-19-15(22-14)20-7-3-12(4-8-20)10-21-13-9-16-5-6-17-13/h5-6,9,11-12H,3-4,7-8,10H2,1-2H3. The van der Waals surface area contributed by atoms with Crippen LogP contribution >= 0.6 is 11.3 Å². The fraction of sp³-hybridized carbons (Fsp3) is 0.600. The molecule has 3 heterocycles. The molecule has 118 valence electrons. The molecule has 0 N–H and O–H groups in total. The Kier molecular flexibility index (Phi) is 4.82. The number of hydrogen-bond donors (Lipinski definition) is 0. The van der Waals surface area contributed by atoms with E-state index in [2.05, 4.69) is 38.9 Å². The first-order chi connectivity index (χ1) is 10.7. The molecule has 0 atom stereocenters. The molecule has 1 fully saturated rings. The predicted molar refractivity (Wildman–Crippen MR) is 86.5 cm³/mol. The number of aromatic nitrogens is 4. The molecular formula is C15H21N5OS. The van der Waals surface area contributed by atoms with Crippen LogP contribution in [0, 0.1) is 5.92 Å². The van der Waals surface area contributed by atoms with E-state index in [4.69, 9.17) is 4.74 Å². The summed E-state index contributed by atoms with van der Waals surface area (Å²) < 4.78 is 5.70. The first kappa shape index (κ1) is 15.1. The van der Waals surface area contributed by atoms with Crippen LogP contribution in [-0.2, 0) is 0 Å². The molecule has 2 aromatic rings. The smallest absolute Gasteiger partial charge is 0.232 e. The van der Waals surface area contributed by atoms with Crippen molar-refractivity contribution >= 4 is 16.5 Å². The lowest BCUT2D eigenvalue weighted by molar-refractivity contribution is 0.215. The normalized spacial score (nSPS) is 16.2. The van der Waals surface area contributed by atoms with Crippen molar-refractivity contribution in [2.45, 2.75) is 32.6 Å². The highest BCUT2D eigenvalue weighted by Gasteiger charge is 2.22. The van der Waals surface area contributed by atoms with Crippen molar-refractivity contribution in [3.63, 3.8) is 0 Å². The zero-order chi connectivity index (χ0) is 15.4. The summed E-state index contributed by atoms with van der Waals surface area (Å²) >= 11 is 1.71. The lowest BCUT2D eigenvalue weighted by Crippen LogP contribution is -2.35. The van der Waals surface area contributed by atoms with Gasteiger partial charge >= 0.3 is 0 Å². The second-order valence-corrected chi connectivity index (χ2v) is 6.85. The Labute approximate surface area is 134 Å². The second-order valence-electron chi connectivity index (χ2n) is 5.86. The minimum atomic E-state index is 0.448. The molecule has 0 amide bonds. The van der Waals surface area contributed by atoms with E-state index in [0.717, 1.165) is 36.1 Å².